The van der Waals surface area contributed by atoms with Gasteiger partial charge >= 0.3 is 6.09 Å². The van der Waals surface area contributed by atoms with E-state index in [1.54, 1.807) is 0 Å². The summed E-state index contributed by atoms with van der Waals surface area (Å²) in [6.45, 7) is 0. The molecule has 1 aliphatic rings. The van der Waals surface area contributed by atoms with Crippen molar-refractivity contribution in [3.63, 3.8) is 0 Å². The largest absolute Gasteiger partial charge is 0.507 e. The second kappa shape index (κ2) is 4.39. The molecule has 7 heteroatoms. The van der Waals surface area contributed by atoms with E-state index >= 15 is 0 Å². The molecule has 0 saturated carbocycles. The molecule has 84 valence electrons. The second-order valence-corrected chi connectivity index (χ2v) is 2.75. The van der Waals surface area contributed by atoms with Crippen molar-refractivity contribution in [2.45, 2.75) is 0 Å². The van der Waals surface area contributed by atoms with Crippen LogP contribution in [-0.4, -0.2) is 35.7 Å². The molecule has 0 aromatic rings. The summed E-state index contributed by atoms with van der Waals surface area (Å²) in [7, 11) is 1.06. The minimum atomic E-state index is -1.06. The van der Waals surface area contributed by atoms with E-state index in [1.165, 1.54) is 0 Å². The molecule has 0 radical (unpaired) electrons. The van der Waals surface area contributed by atoms with Gasteiger partial charge < -0.3 is 15.6 Å². The Labute approximate surface area is 89.9 Å². The van der Waals surface area contributed by atoms with Gasteiger partial charge in [-0.1, -0.05) is 0 Å². The van der Waals surface area contributed by atoms with Gasteiger partial charge in [-0.2, -0.15) is 4.99 Å². The lowest BCUT2D eigenvalue weighted by Gasteiger charge is -2.09. The van der Waals surface area contributed by atoms with Gasteiger partial charge in [-0.05, 0) is 12.2 Å². The smallest absolute Gasteiger partial charge is 0.434 e. The van der Waals surface area contributed by atoms with Crippen LogP contribution in [0.25, 0.3) is 0 Å². The molecule has 0 heterocycles. The number of nitrogens with two attached hydrogens (primary N) is 1. The number of ketones is 1. The highest BCUT2D eigenvalue weighted by Gasteiger charge is 2.27. The SMILES string of the molecule is COC(=O)/N=C1\C(=O)C=CC(O)=C1C(N)=O. The van der Waals surface area contributed by atoms with Crippen molar-refractivity contribution < 1.29 is 24.2 Å². The van der Waals surface area contributed by atoms with Crippen LogP contribution in [0.15, 0.2) is 28.5 Å². The Balaban J connectivity index is 3.30. The Morgan fingerprint density at radius 3 is 2.56 bits per heavy atom. The van der Waals surface area contributed by atoms with Crippen LogP contribution in [0.3, 0.4) is 0 Å². The Kier molecular flexibility index (Phi) is 3.19. The number of hydrogen-bond donors (Lipinski definition) is 2. The monoisotopic (exact) mass is 224 g/mol. The lowest BCUT2D eigenvalue weighted by molar-refractivity contribution is -0.115. The molecule has 3 N–H and O–H groups in total. The Hall–Kier alpha value is -2.44. The van der Waals surface area contributed by atoms with Gasteiger partial charge in [0, 0.05) is 0 Å². The first-order valence-corrected chi connectivity index (χ1v) is 4.09. The average molecular weight is 224 g/mol. The normalized spacial score (nSPS) is 17.8. The lowest BCUT2D eigenvalue weighted by Crippen LogP contribution is -2.30. The number of methoxy groups -OCH3 is 1. The molecule has 7 nitrogen and oxygen atoms in total. The third-order valence-electron chi connectivity index (χ3n) is 1.74. The van der Waals surface area contributed by atoms with Crippen LogP contribution in [0, 0.1) is 0 Å². The van der Waals surface area contributed by atoms with Gasteiger partial charge in [0.05, 0.1) is 7.11 Å². The number of allylic oxidation sites excluding steroid dienone is 2. The second-order valence-electron chi connectivity index (χ2n) is 2.75. The summed E-state index contributed by atoms with van der Waals surface area (Å²) in [4.78, 5) is 36.4. The van der Waals surface area contributed by atoms with Crippen LogP contribution in [0.5, 0.6) is 0 Å². The molecule has 0 aromatic heterocycles. The third-order valence-corrected chi connectivity index (χ3v) is 1.74. The standard InChI is InChI=1S/C9H8N2O5/c1-16-9(15)11-7-5(13)3-2-4(12)6(7)8(10)14/h2-3,12H,1H3,(H2,10,14)/b11-7+. The highest BCUT2D eigenvalue weighted by Crippen LogP contribution is 2.13. The van der Waals surface area contributed by atoms with E-state index in [9.17, 15) is 19.5 Å². The van der Waals surface area contributed by atoms with Crippen LogP contribution >= 0.6 is 0 Å². The van der Waals surface area contributed by atoms with E-state index in [0.29, 0.717) is 0 Å². The van der Waals surface area contributed by atoms with E-state index in [-0.39, 0.29) is 0 Å². The zero-order valence-electron chi connectivity index (χ0n) is 8.26. The van der Waals surface area contributed by atoms with Gasteiger partial charge in [0.15, 0.2) is 0 Å². The molecule has 0 unspecified atom stereocenters. The van der Waals surface area contributed by atoms with Gasteiger partial charge in [-0.25, -0.2) is 4.79 Å². The molecule has 16 heavy (non-hydrogen) atoms. The minimum Gasteiger partial charge on any atom is -0.507 e. The number of aliphatic imine (C=N–C) groups is 1. The van der Waals surface area contributed by atoms with E-state index in [4.69, 9.17) is 5.73 Å². The number of aliphatic hydroxyl groups excluding tert-OH is 1. The van der Waals surface area contributed by atoms with Crippen LogP contribution < -0.4 is 5.73 Å². The first-order chi connectivity index (χ1) is 7.47. The average Bonchev–Trinajstić information content (AvgIpc) is 2.22. The number of carbonyl (C=O) groups is 3. The predicted octanol–water partition coefficient (Wildman–Crippen LogP) is -0.370. The maximum absolute atomic E-state index is 11.3. The molecule has 0 saturated heterocycles. The summed E-state index contributed by atoms with van der Waals surface area (Å²) in [6.07, 6.45) is 0.896. The van der Waals surface area contributed by atoms with Gasteiger partial charge in [0.1, 0.15) is 17.0 Å². The molecule has 2 amide bonds. The Bertz CT molecular complexity index is 459. The van der Waals surface area contributed by atoms with Crippen molar-refractivity contribution >= 4 is 23.5 Å². The molecule has 0 fully saturated rings. The summed E-state index contributed by atoms with van der Waals surface area (Å²) in [5.41, 5.74) is 3.92. The van der Waals surface area contributed by atoms with Gasteiger partial charge in [-0.15, -0.1) is 0 Å². The van der Waals surface area contributed by atoms with E-state index in [1.807, 2.05) is 0 Å². The van der Waals surface area contributed by atoms with E-state index in [0.717, 1.165) is 19.3 Å². The fourth-order valence-electron chi connectivity index (χ4n) is 1.05. The molecular weight excluding hydrogens is 216 g/mol. The first-order valence-electron chi connectivity index (χ1n) is 4.09. The number of nitrogens with zero attached hydrogens (tertiary/aromatic N) is 1. The van der Waals surface area contributed by atoms with Crippen molar-refractivity contribution in [1.82, 2.24) is 0 Å². The van der Waals surface area contributed by atoms with Crippen LogP contribution in [0.1, 0.15) is 0 Å². The fraction of sp³-hybridized carbons (Fsp3) is 0.111. The zero-order chi connectivity index (χ0) is 12.3. The Morgan fingerprint density at radius 1 is 1.44 bits per heavy atom. The number of rotatable bonds is 1. The molecular formula is C9H8N2O5. The Morgan fingerprint density at radius 2 is 2.06 bits per heavy atom. The third kappa shape index (κ3) is 2.14. The maximum Gasteiger partial charge on any atom is 0.434 e. The van der Waals surface area contributed by atoms with Crippen LogP contribution in [0.2, 0.25) is 0 Å². The topological polar surface area (TPSA) is 119 Å². The summed E-state index contributed by atoms with van der Waals surface area (Å²) in [5, 5.41) is 9.32. The highest BCUT2D eigenvalue weighted by atomic mass is 16.5. The van der Waals surface area contributed by atoms with E-state index in [2.05, 4.69) is 9.73 Å². The van der Waals surface area contributed by atoms with Gasteiger partial charge in [0.2, 0.25) is 5.78 Å². The molecule has 1 aliphatic carbocycles. The van der Waals surface area contributed by atoms with Crippen molar-refractivity contribution in [2.24, 2.45) is 10.7 Å². The van der Waals surface area contributed by atoms with Gasteiger partial charge in [0.25, 0.3) is 5.91 Å². The summed E-state index contributed by atoms with van der Waals surface area (Å²) in [5.74, 6) is -2.29. The predicted molar refractivity (Wildman–Crippen MR) is 52.8 cm³/mol. The number of primary amides is 1. The minimum absolute atomic E-state index is 0.502. The molecule has 1 rings (SSSR count). The number of ether oxygens (including phenoxy) is 1. The van der Waals surface area contributed by atoms with Crippen molar-refractivity contribution in [1.29, 1.82) is 0 Å². The number of amides is 2. The first kappa shape index (κ1) is 11.6. The highest BCUT2D eigenvalue weighted by molar-refractivity contribution is 6.56. The molecule has 0 bridgehead atoms. The van der Waals surface area contributed by atoms with Crippen LogP contribution in [-0.2, 0) is 14.3 Å². The molecule has 0 aromatic carbocycles. The molecule has 0 aliphatic heterocycles. The maximum atomic E-state index is 11.3. The molecule has 0 spiro atoms. The number of carbonyl (C=O) groups excluding carboxylic acids is 3. The lowest BCUT2D eigenvalue weighted by atomic mass is 9.99. The van der Waals surface area contributed by atoms with Crippen molar-refractivity contribution in [3.05, 3.63) is 23.5 Å². The summed E-state index contributed by atoms with van der Waals surface area (Å²) >= 11 is 0. The fourth-order valence-corrected chi connectivity index (χ4v) is 1.05. The van der Waals surface area contributed by atoms with E-state index < -0.39 is 34.8 Å². The zero-order valence-corrected chi connectivity index (χ0v) is 8.26. The molecule has 0 atom stereocenters. The summed E-state index contributed by atoms with van der Waals surface area (Å²) < 4.78 is 4.21. The van der Waals surface area contributed by atoms with Gasteiger partial charge in [-0.3, -0.25) is 9.59 Å². The number of hydrogen-bond acceptors (Lipinski definition) is 5. The van der Waals surface area contributed by atoms with Crippen LogP contribution in [0.4, 0.5) is 4.79 Å². The van der Waals surface area contributed by atoms with Crippen molar-refractivity contribution in [2.75, 3.05) is 7.11 Å². The number of aliphatic hydroxyl groups is 1. The quantitative estimate of drug-likeness (QED) is 0.589. The van der Waals surface area contributed by atoms with Crippen molar-refractivity contribution in [3.8, 4) is 0 Å². The summed E-state index contributed by atoms with van der Waals surface area (Å²) in [6, 6.07) is 0.